The second kappa shape index (κ2) is 6.55. The van der Waals surface area contributed by atoms with Gasteiger partial charge in [0.05, 0.1) is 7.11 Å². The third kappa shape index (κ3) is 3.84. The Morgan fingerprint density at radius 3 is 2.44 bits per heavy atom. The molecule has 0 aliphatic heterocycles. The molecule has 100 valence electrons. The van der Waals surface area contributed by atoms with Gasteiger partial charge < -0.3 is 4.74 Å². The first-order valence-corrected chi connectivity index (χ1v) is 6.42. The van der Waals surface area contributed by atoms with Crippen LogP contribution >= 0.6 is 0 Å². The highest BCUT2D eigenvalue weighted by Crippen LogP contribution is 2.22. The molecule has 1 aromatic carbocycles. The van der Waals surface area contributed by atoms with Crippen LogP contribution in [-0.4, -0.2) is 18.6 Å². The van der Waals surface area contributed by atoms with Gasteiger partial charge in [0.2, 0.25) is 0 Å². The number of carbonyl (C=O) groups excluding carboxylic acids is 1. The number of benzene rings is 1. The third-order valence-corrected chi connectivity index (χ3v) is 3.01. The van der Waals surface area contributed by atoms with Crippen molar-refractivity contribution in [1.29, 1.82) is 0 Å². The summed E-state index contributed by atoms with van der Waals surface area (Å²) >= 11 is 0. The zero-order valence-electron chi connectivity index (χ0n) is 11.7. The minimum Gasteiger partial charge on any atom is -0.468 e. The molecule has 0 saturated carbocycles. The summed E-state index contributed by atoms with van der Waals surface area (Å²) < 4.78 is 4.83. The Kier molecular flexibility index (Phi) is 5.35. The van der Waals surface area contributed by atoms with Crippen molar-refractivity contribution < 1.29 is 9.53 Å². The Labute approximate surface area is 110 Å². The van der Waals surface area contributed by atoms with Crippen molar-refractivity contribution in [2.75, 3.05) is 7.11 Å². The van der Waals surface area contributed by atoms with Crippen LogP contribution in [0.15, 0.2) is 30.3 Å². The number of nitrogens with one attached hydrogen (secondary N) is 1. The number of ether oxygens (including phenoxy) is 1. The molecule has 0 radical (unpaired) electrons. The molecule has 1 unspecified atom stereocenters. The van der Waals surface area contributed by atoms with Crippen LogP contribution in [0, 0.1) is 0 Å². The molecule has 1 atom stereocenters. The Hall–Kier alpha value is -1.35. The van der Waals surface area contributed by atoms with Crippen LogP contribution in [0.25, 0.3) is 0 Å². The van der Waals surface area contributed by atoms with Gasteiger partial charge in [0.15, 0.2) is 0 Å². The molecule has 1 rings (SSSR count). The SMILES string of the molecule is CCCC(NC(C)(C)C(=O)OC)c1ccccc1. The average molecular weight is 249 g/mol. The van der Waals surface area contributed by atoms with Crippen LogP contribution in [0.4, 0.5) is 0 Å². The van der Waals surface area contributed by atoms with Gasteiger partial charge in [-0.05, 0) is 25.8 Å². The maximum atomic E-state index is 11.7. The number of rotatable bonds is 6. The molecule has 0 heterocycles. The molecule has 3 nitrogen and oxygen atoms in total. The normalized spacial score (nSPS) is 13.1. The van der Waals surface area contributed by atoms with Crippen molar-refractivity contribution in [2.24, 2.45) is 0 Å². The van der Waals surface area contributed by atoms with E-state index in [0.717, 1.165) is 12.8 Å². The van der Waals surface area contributed by atoms with Gasteiger partial charge in [-0.2, -0.15) is 0 Å². The second-order valence-corrected chi connectivity index (χ2v) is 5.01. The molecule has 3 heteroatoms. The molecule has 1 N–H and O–H groups in total. The zero-order chi connectivity index (χ0) is 13.6. The van der Waals surface area contributed by atoms with Gasteiger partial charge in [0.1, 0.15) is 5.54 Å². The Morgan fingerprint density at radius 2 is 1.94 bits per heavy atom. The summed E-state index contributed by atoms with van der Waals surface area (Å²) in [6.45, 7) is 5.84. The van der Waals surface area contributed by atoms with Gasteiger partial charge in [-0.1, -0.05) is 43.7 Å². The summed E-state index contributed by atoms with van der Waals surface area (Å²) in [5, 5.41) is 3.39. The van der Waals surface area contributed by atoms with Crippen LogP contribution in [0.5, 0.6) is 0 Å². The molecule has 0 fully saturated rings. The van der Waals surface area contributed by atoms with Crippen molar-refractivity contribution in [3.8, 4) is 0 Å². The first-order valence-electron chi connectivity index (χ1n) is 6.42. The second-order valence-electron chi connectivity index (χ2n) is 5.01. The van der Waals surface area contributed by atoms with Gasteiger partial charge in [-0.3, -0.25) is 10.1 Å². The summed E-state index contributed by atoms with van der Waals surface area (Å²) in [4.78, 5) is 11.7. The molecule has 0 aliphatic rings. The van der Waals surface area contributed by atoms with E-state index in [9.17, 15) is 4.79 Å². The maximum Gasteiger partial charge on any atom is 0.325 e. The monoisotopic (exact) mass is 249 g/mol. The fraction of sp³-hybridized carbons (Fsp3) is 0.533. The van der Waals surface area contributed by atoms with Crippen LogP contribution in [0.1, 0.15) is 45.2 Å². The number of methoxy groups -OCH3 is 1. The molecule has 0 aromatic heterocycles. The van der Waals surface area contributed by atoms with E-state index in [1.54, 1.807) is 0 Å². The number of hydrogen-bond donors (Lipinski definition) is 1. The van der Waals surface area contributed by atoms with Gasteiger partial charge >= 0.3 is 5.97 Å². The first kappa shape index (κ1) is 14.7. The average Bonchev–Trinajstić information content (AvgIpc) is 2.38. The van der Waals surface area contributed by atoms with E-state index in [-0.39, 0.29) is 12.0 Å². The molecule has 0 spiro atoms. The summed E-state index contributed by atoms with van der Waals surface area (Å²) in [5.41, 5.74) is 0.529. The summed E-state index contributed by atoms with van der Waals surface area (Å²) in [7, 11) is 1.42. The summed E-state index contributed by atoms with van der Waals surface area (Å²) in [6, 6.07) is 10.4. The van der Waals surface area contributed by atoms with Crippen molar-refractivity contribution in [3.63, 3.8) is 0 Å². The summed E-state index contributed by atoms with van der Waals surface area (Å²) in [6.07, 6.45) is 2.05. The van der Waals surface area contributed by atoms with Crippen molar-refractivity contribution in [1.82, 2.24) is 5.32 Å². The molecular weight excluding hydrogens is 226 g/mol. The lowest BCUT2D eigenvalue weighted by Gasteiger charge is -2.29. The molecular formula is C15H23NO2. The standard InChI is InChI=1S/C15H23NO2/c1-5-9-13(12-10-7-6-8-11-12)16-15(2,3)14(17)18-4/h6-8,10-11,13,16H,5,9H2,1-4H3. The fourth-order valence-electron chi connectivity index (χ4n) is 2.05. The minimum absolute atomic E-state index is 0.172. The van der Waals surface area contributed by atoms with Crippen molar-refractivity contribution >= 4 is 5.97 Å². The quantitative estimate of drug-likeness (QED) is 0.787. The van der Waals surface area contributed by atoms with E-state index in [0.29, 0.717) is 0 Å². The molecule has 0 saturated heterocycles. The van der Waals surface area contributed by atoms with E-state index < -0.39 is 5.54 Å². The van der Waals surface area contributed by atoms with E-state index in [1.165, 1.54) is 12.7 Å². The smallest absolute Gasteiger partial charge is 0.325 e. The van der Waals surface area contributed by atoms with Gasteiger partial charge in [-0.15, -0.1) is 0 Å². The topological polar surface area (TPSA) is 38.3 Å². The highest BCUT2D eigenvalue weighted by atomic mass is 16.5. The highest BCUT2D eigenvalue weighted by molar-refractivity contribution is 5.79. The minimum atomic E-state index is -0.676. The molecule has 1 aromatic rings. The first-order chi connectivity index (χ1) is 8.51. The number of esters is 1. The third-order valence-electron chi connectivity index (χ3n) is 3.01. The lowest BCUT2D eigenvalue weighted by molar-refractivity contribution is -0.147. The highest BCUT2D eigenvalue weighted by Gasteiger charge is 2.31. The van der Waals surface area contributed by atoms with E-state index in [1.807, 2.05) is 32.0 Å². The number of hydrogen-bond acceptors (Lipinski definition) is 3. The zero-order valence-corrected chi connectivity index (χ0v) is 11.7. The van der Waals surface area contributed by atoms with E-state index in [4.69, 9.17) is 4.74 Å². The summed E-state index contributed by atoms with van der Waals surface area (Å²) in [5.74, 6) is -0.237. The lowest BCUT2D eigenvalue weighted by atomic mass is 9.97. The fourth-order valence-corrected chi connectivity index (χ4v) is 2.05. The van der Waals surface area contributed by atoms with E-state index in [2.05, 4.69) is 24.4 Å². The molecule has 0 bridgehead atoms. The van der Waals surface area contributed by atoms with Gasteiger partial charge in [0.25, 0.3) is 0 Å². The van der Waals surface area contributed by atoms with Gasteiger partial charge in [0, 0.05) is 6.04 Å². The van der Waals surface area contributed by atoms with Gasteiger partial charge in [-0.25, -0.2) is 0 Å². The van der Waals surface area contributed by atoms with Crippen LogP contribution in [0.2, 0.25) is 0 Å². The molecule has 18 heavy (non-hydrogen) atoms. The lowest BCUT2D eigenvalue weighted by Crippen LogP contribution is -2.49. The van der Waals surface area contributed by atoms with Crippen LogP contribution in [0.3, 0.4) is 0 Å². The largest absolute Gasteiger partial charge is 0.468 e. The predicted molar refractivity (Wildman–Crippen MR) is 73.3 cm³/mol. The predicted octanol–water partition coefficient (Wildman–Crippen LogP) is 3.07. The Balaban J connectivity index is 2.84. The Morgan fingerprint density at radius 1 is 1.33 bits per heavy atom. The van der Waals surface area contributed by atoms with Crippen molar-refractivity contribution in [2.45, 2.75) is 45.2 Å². The maximum absolute atomic E-state index is 11.7. The van der Waals surface area contributed by atoms with E-state index >= 15 is 0 Å². The molecule has 0 amide bonds. The van der Waals surface area contributed by atoms with Crippen molar-refractivity contribution in [3.05, 3.63) is 35.9 Å². The Bertz CT molecular complexity index is 373. The number of carbonyl (C=O) groups is 1. The van der Waals surface area contributed by atoms with Crippen LogP contribution < -0.4 is 5.32 Å². The van der Waals surface area contributed by atoms with Crippen LogP contribution in [-0.2, 0) is 9.53 Å². The molecule has 0 aliphatic carbocycles.